The summed E-state index contributed by atoms with van der Waals surface area (Å²) in [7, 11) is 0. The molecule has 0 aromatic carbocycles. The topological polar surface area (TPSA) is 49.0 Å². The average Bonchev–Trinajstić information content (AvgIpc) is 1.76. The van der Waals surface area contributed by atoms with E-state index in [1.54, 1.807) is 0 Å². The summed E-state index contributed by atoms with van der Waals surface area (Å²) in [4.78, 5) is 0. The van der Waals surface area contributed by atoms with Gasteiger partial charge in [-0.1, -0.05) is 0 Å². The minimum atomic E-state index is 0. The first-order valence-corrected chi connectivity index (χ1v) is 1.65. The molecule has 3 heteroatoms. The maximum Gasteiger partial charge on any atom is 0.146 e. The number of hydrogen-bond donors (Lipinski definition) is 0. The van der Waals surface area contributed by atoms with E-state index in [0.29, 0.717) is 6.79 Å². The molecule has 0 unspecified atom stereocenters. The van der Waals surface area contributed by atoms with E-state index in [4.69, 9.17) is 9.47 Å². The maximum absolute atomic E-state index is 4.72. The minimum absolute atomic E-state index is 0. The zero-order valence-corrected chi connectivity index (χ0v) is 3.39. The molecule has 3 nitrogen and oxygen atoms in total. The Balaban J connectivity index is 0.000000250. The van der Waals surface area contributed by atoms with Gasteiger partial charge in [-0.15, -0.1) is 0 Å². The van der Waals surface area contributed by atoms with Gasteiger partial charge < -0.3 is 9.47 Å². The fraction of sp³-hybridized carbons (Fsp3) is 1.00. The van der Waals surface area contributed by atoms with Crippen molar-refractivity contribution in [3.05, 3.63) is 0 Å². The Morgan fingerprint density at radius 2 is 1.50 bits per heavy atom. The molecule has 0 spiro atoms. The molecule has 0 aliphatic carbocycles. The molecule has 0 aromatic heterocycles. The lowest BCUT2D eigenvalue weighted by Gasteiger charge is -1.76. The Labute approximate surface area is 36.8 Å². The average molecular weight is 88.1 g/mol. The summed E-state index contributed by atoms with van der Waals surface area (Å²) < 4.78 is 9.44. The third kappa shape index (κ3) is 1.35. The van der Waals surface area contributed by atoms with Gasteiger partial charge in [-0.25, -0.2) is 0 Å². The van der Waals surface area contributed by atoms with Crippen molar-refractivity contribution in [2.45, 2.75) is 0 Å². The first kappa shape index (κ1) is 5.88. The van der Waals surface area contributed by atoms with Crippen LogP contribution in [0.1, 0.15) is 0 Å². The van der Waals surface area contributed by atoms with Crippen LogP contribution in [0.25, 0.3) is 0 Å². The van der Waals surface area contributed by atoms with Crippen molar-refractivity contribution < 1.29 is 9.47 Å². The zero-order chi connectivity index (χ0) is 3.54. The van der Waals surface area contributed by atoms with Crippen LogP contribution in [-0.2, 0) is 9.47 Å². The van der Waals surface area contributed by atoms with E-state index in [9.17, 15) is 0 Å². The molecule has 1 heterocycles. The van der Waals surface area contributed by atoms with Crippen LogP contribution >= 0.6 is 0 Å². The summed E-state index contributed by atoms with van der Waals surface area (Å²) in [5.74, 6) is 0. The van der Waals surface area contributed by atoms with Gasteiger partial charge in [-0.3, -0.25) is 0 Å². The molecule has 6 heavy (non-hydrogen) atoms. The summed E-state index contributed by atoms with van der Waals surface area (Å²) >= 11 is 0. The first-order chi connectivity index (χ1) is 2.50. The Bertz CT molecular complexity index is 20.4. The monoisotopic (exact) mass is 88.0 g/mol. The lowest BCUT2D eigenvalue weighted by atomic mass is 10.8. The van der Waals surface area contributed by atoms with Crippen molar-refractivity contribution in [1.29, 1.82) is 0 Å². The van der Waals surface area contributed by atoms with E-state index >= 15 is 0 Å². The molecular formula is C3H6NO2. The highest BCUT2D eigenvalue weighted by Gasteiger charge is 1.93. The smallest absolute Gasteiger partial charge is 0.146 e. The van der Waals surface area contributed by atoms with Crippen molar-refractivity contribution in [3.63, 3.8) is 0 Å². The molecule has 0 atom stereocenters. The number of ether oxygens (including phenoxy) is 2. The van der Waals surface area contributed by atoms with Gasteiger partial charge in [-0.05, 0) is 0 Å². The molecule has 0 N–H and O–H groups in total. The SMILES string of the molecule is C1COCO1.[N]. The van der Waals surface area contributed by atoms with Crippen LogP contribution in [-0.4, -0.2) is 20.0 Å². The summed E-state index contributed by atoms with van der Waals surface area (Å²) in [5.41, 5.74) is 0. The van der Waals surface area contributed by atoms with Crippen molar-refractivity contribution in [2.24, 2.45) is 0 Å². The van der Waals surface area contributed by atoms with Crippen LogP contribution in [0.3, 0.4) is 0 Å². The molecule has 3 radical (unpaired) electrons. The fourth-order valence-electron chi connectivity index (χ4n) is 0.295. The summed E-state index contributed by atoms with van der Waals surface area (Å²) in [6.07, 6.45) is 0. The normalized spacial score (nSPS) is 20.0. The van der Waals surface area contributed by atoms with Crippen molar-refractivity contribution in [2.75, 3.05) is 20.0 Å². The molecule has 1 fully saturated rings. The summed E-state index contributed by atoms with van der Waals surface area (Å²) in [6.45, 7) is 2.06. The van der Waals surface area contributed by atoms with Gasteiger partial charge in [0.15, 0.2) is 0 Å². The minimum Gasteiger partial charge on any atom is -0.353 e. The second-order valence-electron chi connectivity index (χ2n) is 0.934. The highest BCUT2D eigenvalue weighted by atomic mass is 16.7. The predicted octanol–water partition coefficient (Wildman–Crippen LogP) is -0.490. The Morgan fingerprint density at radius 1 is 1.00 bits per heavy atom. The maximum atomic E-state index is 4.72. The summed E-state index contributed by atoms with van der Waals surface area (Å²) in [6, 6.07) is 0. The van der Waals surface area contributed by atoms with Gasteiger partial charge in [0, 0.05) is 6.15 Å². The molecular weight excluding hydrogens is 82.0 g/mol. The number of nitrogens with zero attached hydrogens (tertiary/aromatic N) is 1. The molecule has 1 aliphatic heterocycles. The van der Waals surface area contributed by atoms with Crippen LogP contribution < -0.4 is 6.15 Å². The van der Waals surface area contributed by atoms with Gasteiger partial charge in [0.05, 0.1) is 13.2 Å². The Kier molecular flexibility index (Phi) is 3.02. The van der Waals surface area contributed by atoms with Crippen LogP contribution in [0, 0.1) is 0 Å². The van der Waals surface area contributed by atoms with Gasteiger partial charge >= 0.3 is 0 Å². The molecule has 1 aliphatic rings. The lowest BCUT2D eigenvalue weighted by molar-refractivity contribution is 0.0692. The van der Waals surface area contributed by atoms with Crippen LogP contribution in [0.2, 0.25) is 0 Å². The Hall–Kier alpha value is -0.120. The van der Waals surface area contributed by atoms with E-state index in [0.717, 1.165) is 13.2 Å². The predicted molar refractivity (Wildman–Crippen MR) is 18.9 cm³/mol. The van der Waals surface area contributed by atoms with Gasteiger partial charge in [-0.2, -0.15) is 0 Å². The van der Waals surface area contributed by atoms with Gasteiger partial charge in [0.25, 0.3) is 0 Å². The highest BCUT2D eigenvalue weighted by molar-refractivity contribution is 4.28. The second kappa shape index (κ2) is 3.08. The zero-order valence-electron chi connectivity index (χ0n) is 3.39. The van der Waals surface area contributed by atoms with Crippen LogP contribution in [0.5, 0.6) is 0 Å². The quantitative estimate of drug-likeness (QED) is 0.401. The van der Waals surface area contributed by atoms with Crippen LogP contribution in [0.4, 0.5) is 0 Å². The molecule has 0 aromatic rings. The fourth-order valence-corrected chi connectivity index (χ4v) is 0.295. The van der Waals surface area contributed by atoms with E-state index in [1.165, 1.54) is 0 Å². The van der Waals surface area contributed by atoms with Crippen LogP contribution in [0.15, 0.2) is 0 Å². The van der Waals surface area contributed by atoms with E-state index in [2.05, 4.69) is 0 Å². The van der Waals surface area contributed by atoms with Crippen molar-refractivity contribution in [1.82, 2.24) is 6.15 Å². The Morgan fingerprint density at radius 3 is 1.67 bits per heavy atom. The second-order valence-corrected chi connectivity index (χ2v) is 0.934. The third-order valence-corrected chi connectivity index (χ3v) is 0.539. The molecule has 0 bridgehead atoms. The van der Waals surface area contributed by atoms with Gasteiger partial charge in [0.1, 0.15) is 6.79 Å². The van der Waals surface area contributed by atoms with Gasteiger partial charge in [0.2, 0.25) is 0 Å². The van der Waals surface area contributed by atoms with Crippen molar-refractivity contribution in [3.8, 4) is 0 Å². The van der Waals surface area contributed by atoms with Crippen molar-refractivity contribution >= 4 is 0 Å². The van der Waals surface area contributed by atoms with E-state index in [-0.39, 0.29) is 6.15 Å². The third-order valence-electron chi connectivity index (χ3n) is 0.539. The first-order valence-electron chi connectivity index (χ1n) is 1.65. The molecule has 0 amide bonds. The molecule has 0 saturated carbocycles. The molecule has 35 valence electrons. The largest absolute Gasteiger partial charge is 0.353 e. The highest BCUT2D eigenvalue weighted by Crippen LogP contribution is 1.85. The number of rotatable bonds is 0. The number of hydrogen-bond acceptors (Lipinski definition) is 2. The van der Waals surface area contributed by atoms with E-state index < -0.39 is 0 Å². The lowest BCUT2D eigenvalue weighted by Crippen LogP contribution is -1.79. The van der Waals surface area contributed by atoms with E-state index in [1.807, 2.05) is 0 Å². The summed E-state index contributed by atoms with van der Waals surface area (Å²) in [5, 5.41) is 0. The standard InChI is InChI=1S/C3H6O2.N/c1-2-5-3-4-1;/h1-3H2;. The molecule has 1 rings (SSSR count). The molecule has 1 saturated heterocycles.